The molecule has 46 heavy (non-hydrogen) atoms. The Morgan fingerprint density at radius 3 is 2.07 bits per heavy atom. The molecular formula is C31H43F3N4O7Si. The van der Waals surface area contributed by atoms with Crippen molar-refractivity contribution in [1.29, 1.82) is 0 Å². The van der Waals surface area contributed by atoms with Gasteiger partial charge in [-0.3, -0.25) is 23.5 Å². The number of ether oxygens (including phenoxy) is 2. The number of methoxy groups -OCH3 is 2. The average molecular weight is 669 g/mol. The number of fused-ring (bicyclic) bond motifs is 1. The molecule has 254 valence electrons. The zero-order valence-electron chi connectivity index (χ0n) is 27.6. The SMILES string of the molecule is COC(Cn1c(=O)[nH]c2c(=O)n(CC(=O)NC(C(C)C)C(O[Si](C)(C)C(C)(C)C)C(F)(F)F)c(-c3ccccc3)cc2c1=O)OC. The number of hydrogen-bond acceptors (Lipinski definition) is 7. The molecule has 0 aliphatic heterocycles. The van der Waals surface area contributed by atoms with Gasteiger partial charge in [0, 0.05) is 14.2 Å². The Morgan fingerprint density at radius 2 is 1.57 bits per heavy atom. The third-order valence-corrected chi connectivity index (χ3v) is 12.9. The molecule has 2 N–H and O–H groups in total. The Labute approximate surface area is 265 Å². The number of hydrogen-bond donors (Lipinski definition) is 2. The Hall–Kier alpha value is -3.53. The minimum Gasteiger partial charge on any atom is -0.404 e. The number of aromatic nitrogens is 3. The number of amides is 1. The van der Waals surface area contributed by atoms with Crippen molar-refractivity contribution in [3.05, 3.63) is 67.6 Å². The molecule has 2 heterocycles. The van der Waals surface area contributed by atoms with Gasteiger partial charge < -0.3 is 24.2 Å². The van der Waals surface area contributed by atoms with Crippen LogP contribution in [0.3, 0.4) is 0 Å². The van der Waals surface area contributed by atoms with Crippen molar-refractivity contribution in [2.75, 3.05) is 14.2 Å². The maximum Gasteiger partial charge on any atom is 0.415 e. The van der Waals surface area contributed by atoms with Crippen LogP contribution in [0.5, 0.6) is 0 Å². The lowest BCUT2D eigenvalue weighted by molar-refractivity contribution is -0.210. The predicted molar refractivity (Wildman–Crippen MR) is 171 cm³/mol. The summed E-state index contributed by atoms with van der Waals surface area (Å²) in [6.07, 6.45) is -8.02. The van der Waals surface area contributed by atoms with Crippen LogP contribution in [0, 0.1) is 5.92 Å². The van der Waals surface area contributed by atoms with Gasteiger partial charge in [0.1, 0.15) is 12.1 Å². The van der Waals surface area contributed by atoms with E-state index in [0.29, 0.717) is 5.56 Å². The molecule has 0 aliphatic rings. The number of rotatable bonds is 12. The van der Waals surface area contributed by atoms with Crippen LogP contribution in [-0.2, 0) is 31.8 Å². The molecule has 11 nitrogen and oxygen atoms in total. The molecule has 0 radical (unpaired) electrons. The molecule has 0 saturated carbocycles. The molecule has 2 unspecified atom stereocenters. The molecule has 0 spiro atoms. The smallest absolute Gasteiger partial charge is 0.404 e. The summed E-state index contributed by atoms with van der Waals surface area (Å²) < 4.78 is 61.4. The van der Waals surface area contributed by atoms with Crippen LogP contribution >= 0.6 is 0 Å². The number of carbonyl (C=O) groups is 1. The molecule has 0 bridgehead atoms. The zero-order chi connectivity index (χ0) is 34.8. The van der Waals surface area contributed by atoms with Crippen LogP contribution in [-0.4, -0.2) is 67.2 Å². The van der Waals surface area contributed by atoms with Crippen LogP contribution in [0.15, 0.2) is 50.8 Å². The second-order valence-corrected chi connectivity index (χ2v) is 17.8. The first-order chi connectivity index (χ1) is 21.2. The molecule has 1 amide bonds. The van der Waals surface area contributed by atoms with Crippen molar-refractivity contribution in [2.24, 2.45) is 5.92 Å². The van der Waals surface area contributed by atoms with E-state index in [2.05, 4.69) is 10.3 Å². The first-order valence-electron chi connectivity index (χ1n) is 14.8. The van der Waals surface area contributed by atoms with Crippen molar-refractivity contribution in [1.82, 2.24) is 19.4 Å². The number of halogens is 3. The third-order valence-electron chi connectivity index (χ3n) is 8.40. The van der Waals surface area contributed by atoms with E-state index >= 15 is 0 Å². The Bertz CT molecular complexity index is 1710. The number of benzene rings is 1. The molecule has 2 atom stereocenters. The molecule has 0 saturated heterocycles. The molecule has 0 aliphatic carbocycles. The lowest BCUT2D eigenvalue weighted by Crippen LogP contribution is -2.59. The summed E-state index contributed by atoms with van der Waals surface area (Å²) in [5.41, 5.74) is -2.35. The van der Waals surface area contributed by atoms with Gasteiger partial charge in [-0.1, -0.05) is 65.0 Å². The number of carbonyl (C=O) groups excluding carboxylic acids is 1. The highest BCUT2D eigenvalue weighted by Crippen LogP contribution is 2.41. The number of pyridine rings is 1. The third kappa shape index (κ3) is 8.05. The quantitative estimate of drug-likeness (QED) is 0.218. The van der Waals surface area contributed by atoms with Crippen LogP contribution in [0.1, 0.15) is 34.6 Å². The number of alkyl halides is 3. The maximum absolute atomic E-state index is 14.5. The molecule has 0 fully saturated rings. The Morgan fingerprint density at radius 1 is 0.978 bits per heavy atom. The lowest BCUT2D eigenvalue weighted by atomic mass is 9.98. The summed E-state index contributed by atoms with van der Waals surface area (Å²) in [7, 11) is -0.264. The van der Waals surface area contributed by atoms with E-state index in [1.54, 1.807) is 57.3 Å². The minimum absolute atomic E-state index is 0.133. The van der Waals surface area contributed by atoms with E-state index in [9.17, 15) is 32.3 Å². The fraction of sp³-hybridized carbons (Fsp3) is 0.548. The van der Waals surface area contributed by atoms with E-state index in [1.165, 1.54) is 20.3 Å². The van der Waals surface area contributed by atoms with Gasteiger partial charge in [0.25, 0.3) is 11.1 Å². The molecular weight excluding hydrogens is 625 g/mol. The number of nitrogens with zero attached hydrogens (tertiary/aromatic N) is 2. The van der Waals surface area contributed by atoms with Crippen molar-refractivity contribution < 1.29 is 31.9 Å². The zero-order valence-corrected chi connectivity index (χ0v) is 28.6. The van der Waals surface area contributed by atoms with Crippen molar-refractivity contribution >= 4 is 25.1 Å². The predicted octanol–water partition coefficient (Wildman–Crippen LogP) is 4.23. The monoisotopic (exact) mass is 668 g/mol. The van der Waals surface area contributed by atoms with Crippen LogP contribution in [0.25, 0.3) is 22.2 Å². The largest absolute Gasteiger partial charge is 0.415 e. The second kappa shape index (κ2) is 14.1. The number of H-pyrrole nitrogens is 1. The molecule has 3 aromatic rings. The van der Waals surface area contributed by atoms with Crippen LogP contribution < -0.4 is 22.1 Å². The van der Waals surface area contributed by atoms with Gasteiger partial charge in [-0.15, -0.1) is 0 Å². The average Bonchev–Trinajstić information content (AvgIpc) is 2.96. The van der Waals surface area contributed by atoms with Crippen LogP contribution in [0.2, 0.25) is 18.1 Å². The Balaban J connectivity index is 2.14. The van der Waals surface area contributed by atoms with Crippen molar-refractivity contribution in [3.63, 3.8) is 0 Å². The highest BCUT2D eigenvalue weighted by Gasteiger charge is 2.52. The lowest BCUT2D eigenvalue weighted by Gasteiger charge is -2.42. The fourth-order valence-corrected chi connectivity index (χ4v) is 5.99. The van der Waals surface area contributed by atoms with Gasteiger partial charge in [0.05, 0.1) is 23.7 Å². The molecule has 1 aromatic carbocycles. The van der Waals surface area contributed by atoms with Crippen molar-refractivity contribution in [2.45, 2.75) is 90.5 Å². The second-order valence-electron chi connectivity index (χ2n) is 13.0. The summed E-state index contributed by atoms with van der Waals surface area (Å²) in [6.45, 7) is 11.0. The van der Waals surface area contributed by atoms with E-state index < -0.39 is 73.1 Å². The fourth-order valence-electron chi connectivity index (χ4n) is 4.72. The van der Waals surface area contributed by atoms with Crippen LogP contribution in [0.4, 0.5) is 13.2 Å². The van der Waals surface area contributed by atoms with Gasteiger partial charge in [-0.05, 0) is 35.7 Å². The van der Waals surface area contributed by atoms with Crippen molar-refractivity contribution in [3.8, 4) is 11.3 Å². The highest BCUT2D eigenvalue weighted by atomic mass is 28.4. The molecule has 2 aromatic heterocycles. The topological polar surface area (TPSA) is 134 Å². The summed E-state index contributed by atoms with van der Waals surface area (Å²) in [6, 6.07) is 8.28. The first-order valence-corrected chi connectivity index (χ1v) is 17.7. The standard InChI is InChI=1S/C31H43F3N4O7Si/c1-18(2)24(26(31(32,33)34)45-46(8,9)30(3,4)5)35-22(39)16-37-21(19-13-11-10-12-14-19)15-20-25(28(37)41)36-29(42)38(27(20)40)17-23(43-6)44-7/h10-15,18,23-24,26H,16-17H2,1-9H3,(H,35,39)(H,36,42). The molecule has 15 heteroatoms. The molecule has 3 rings (SSSR count). The summed E-state index contributed by atoms with van der Waals surface area (Å²) in [4.78, 5) is 56.1. The van der Waals surface area contributed by atoms with Gasteiger partial charge in [-0.2, -0.15) is 13.2 Å². The van der Waals surface area contributed by atoms with Gasteiger partial charge in [0.2, 0.25) is 5.91 Å². The van der Waals surface area contributed by atoms with E-state index in [4.69, 9.17) is 13.9 Å². The maximum atomic E-state index is 14.5. The van der Waals surface area contributed by atoms with Gasteiger partial charge >= 0.3 is 11.9 Å². The Kier molecular flexibility index (Phi) is 11.3. The van der Waals surface area contributed by atoms with Gasteiger partial charge in [0.15, 0.2) is 20.7 Å². The number of aromatic amines is 1. The summed E-state index contributed by atoms with van der Waals surface area (Å²) in [5.74, 6) is -1.58. The van der Waals surface area contributed by atoms with E-state index in [1.807, 2.05) is 20.8 Å². The highest BCUT2D eigenvalue weighted by molar-refractivity contribution is 6.74. The van der Waals surface area contributed by atoms with E-state index in [-0.39, 0.29) is 23.1 Å². The summed E-state index contributed by atoms with van der Waals surface area (Å²) in [5, 5.41) is 1.81. The number of nitrogens with one attached hydrogen (secondary N) is 2. The van der Waals surface area contributed by atoms with E-state index in [0.717, 1.165) is 9.13 Å². The summed E-state index contributed by atoms with van der Waals surface area (Å²) >= 11 is 0. The van der Waals surface area contributed by atoms with Gasteiger partial charge in [-0.25, -0.2) is 4.79 Å². The normalized spacial score (nSPS) is 14.2. The first kappa shape index (κ1) is 36.9. The minimum atomic E-state index is -4.79.